The van der Waals surface area contributed by atoms with Gasteiger partial charge in [0.2, 0.25) is 0 Å². The van der Waals surface area contributed by atoms with Crippen molar-refractivity contribution in [1.29, 1.82) is 0 Å². The minimum Gasteiger partial charge on any atom is -0.481 e. The summed E-state index contributed by atoms with van der Waals surface area (Å²) in [6, 6.07) is 1.87. The maximum absolute atomic E-state index is 11.2. The molecule has 2 heterocycles. The SMILES string of the molecule is Cc1nc2cnccc2n1CCOCC(=O)CC(=O)O. The van der Waals surface area contributed by atoms with Gasteiger partial charge in [-0.25, -0.2) is 4.98 Å². The number of aryl methyl sites for hydroxylation is 1. The van der Waals surface area contributed by atoms with Crippen LogP contribution in [0.5, 0.6) is 0 Å². The van der Waals surface area contributed by atoms with Crippen LogP contribution in [0.25, 0.3) is 11.0 Å². The highest BCUT2D eigenvalue weighted by Gasteiger charge is 2.09. The van der Waals surface area contributed by atoms with Gasteiger partial charge in [0, 0.05) is 12.7 Å². The molecule has 106 valence electrons. The standard InChI is InChI=1S/C13H15N3O4/c1-9-15-11-7-14-3-2-12(11)16(9)4-5-20-8-10(17)6-13(18)19/h2-3,7H,4-6,8H2,1H3,(H,18,19). The second-order valence-corrected chi connectivity index (χ2v) is 4.34. The fraction of sp³-hybridized carbons (Fsp3) is 0.385. The highest BCUT2D eigenvalue weighted by atomic mass is 16.5. The molecule has 7 nitrogen and oxygen atoms in total. The lowest BCUT2D eigenvalue weighted by molar-refractivity contribution is -0.141. The molecule has 0 fully saturated rings. The van der Waals surface area contributed by atoms with Crippen LogP contribution in [0, 0.1) is 6.92 Å². The second kappa shape index (κ2) is 6.25. The van der Waals surface area contributed by atoms with Crippen LogP contribution >= 0.6 is 0 Å². The van der Waals surface area contributed by atoms with Crippen LogP contribution < -0.4 is 0 Å². The summed E-state index contributed by atoms with van der Waals surface area (Å²) in [4.78, 5) is 29.9. The van der Waals surface area contributed by atoms with Crippen LogP contribution in [0.4, 0.5) is 0 Å². The molecule has 20 heavy (non-hydrogen) atoms. The van der Waals surface area contributed by atoms with Gasteiger partial charge in [-0.15, -0.1) is 0 Å². The van der Waals surface area contributed by atoms with E-state index < -0.39 is 18.2 Å². The average molecular weight is 277 g/mol. The molecule has 2 aromatic heterocycles. The van der Waals surface area contributed by atoms with Gasteiger partial charge in [-0.05, 0) is 13.0 Å². The number of fused-ring (bicyclic) bond motifs is 1. The number of aromatic nitrogens is 3. The van der Waals surface area contributed by atoms with Crippen molar-refractivity contribution in [1.82, 2.24) is 14.5 Å². The Morgan fingerprint density at radius 1 is 1.45 bits per heavy atom. The molecule has 0 unspecified atom stereocenters. The van der Waals surface area contributed by atoms with E-state index in [9.17, 15) is 9.59 Å². The summed E-state index contributed by atoms with van der Waals surface area (Å²) in [5.41, 5.74) is 1.77. The normalized spacial score (nSPS) is 10.8. The Labute approximate surface area is 115 Å². The minimum absolute atomic E-state index is 0.181. The molecule has 2 aromatic rings. The molecule has 0 aliphatic heterocycles. The first-order valence-corrected chi connectivity index (χ1v) is 6.16. The molecule has 7 heteroatoms. The smallest absolute Gasteiger partial charge is 0.310 e. The number of ether oxygens (including phenoxy) is 1. The first-order valence-electron chi connectivity index (χ1n) is 6.16. The molecule has 0 bridgehead atoms. The van der Waals surface area contributed by atoms with Crippen LogP contribution in [0.1, 0.15) is 12.2 Å². The van der Waals surface area contributed by atoms with Gasteiger partial charge < -0.3 is 14.4 Å². The van der Waals surface area contributed by atoms with Crippen molar-refractivity contribution in [3.63, 3.8) is 0 Å². The summed E-state index contributed by atoms with van der Waals surface area (Å²) in [7, 11) is 0. The summed E-state index contributed by atoms with van der Waals surface area (Å²) >= 11 is 0. The fourth-order valence-electron chi connectivity index (χ4n) is 1.95. The number of imidazole rings is 1. The van der Waals surface area contributed by atoms with Crippen LogP contribution in [0.2, 0.25) is 0 Å². The molecule has 2 rings (SSSR count). The van der Waals surface area contributed by atoms with E-state index in [-0.39, 0.29) is 6.61 Å². The number of carbonyl (C=O) groups is 2. The number of rotatable bonds is 7. The number of carboxylic acids is 1. The van der Waals surface area contributed by atoms with E-state index in [1.807, 2.05) is 17.6 Å². The van der Waals surface area contributed by atoms with E-state index in [4.69, 9.17) is 9.84 Å². The highest BCUT2D eigenvalue weighted by Crippen LogP contribution is 2.13. The third-order valence-electron chi connectivity index (χ3n) is 2.81. The Morgan fingerprint density at radius 2 is 2.25 bits per heavy atom. The third-order valence-corrected chi connectivity index (χ3v) is 2.81. The van der Waals surface area contributed by atoms with Crippen LogP contribution in [-0.4, -0.2) is 44.6 Å². The molecule has 0 aliphatic rings. The predicted octanol–water partition coefficient (Wildman–Crippen LogP) is 0.800. The first-order chi connectivity index (χ1) is 9.58. The number of carbonyl (C=O) groups excluding carboxylic acids is 1. The van der Waals surface area contributed by atoms with E-state index in [0.29, 0.717) is 13.2 Å². The zero-order valence-electron chi connectivity index (χ0n) is 11.1. The summed E-state index contributed by atoms with van der Waals surface area (Å²) in [5, 5.41) is 8.45. The van der Waals surface area contributed by atoms with Gasteiger partial charge in [-0.1, -0.05) is 0 Å². The van der Waals surface area contributed by atoms with Crippen LogP contribution in [0.15, 0.2) is 18.5 Å². The average Bonchev–Trinajstić information content (AvgIpc) is 2.70. The Hall–Kier alpha value is -2.28. The minimum atomic E-state index is -1.14. The van der Waals surface area contributed by atoms with E-state index >= 15 is 0 Å². The number of Topliss-reactive ketones (excluding diaryl/α,β-unsaturated/α-hetero) is 1. The van der Waals surface area contributed by atoms with Crippen molar-refractivity contribution < 1.29 is 19.4 Å². The highest BCUT2D eigenvalue weighted by molar-refractivity contribution is 5.95. The second-order valence-electron chi connectivity index (χ2n) is 4.34. The Kier molecular flexibility index (Phi) is 4.41. The number of hydrogen-bond donors (Lipinski definition) is 1. The lowest BCUT2D eigenvalue weighted by atomic mass is 10.3. The van der Waals surface area contributed by atoms with Crippen molar-refractivity contribution >= 4 is 22.8 Å². The van der Waals surface area contributed by atoms with Gasteiger partial charge >= 0.3 is 5.97 Å². The number of aliphatic carboxylic acids is 1. The number of nitrogens with zero attached hydrogens (tertiary/aromatic N) is 3. The molecule has 0 aromatic carbocycles. The molecular formula is C13H15N3O4. The molecule has 0 spiro atoms. The number of hydrogen-bond acceptors (Lipinski definition) is 5. The monoisotopic (exact) mass is 277 g/mol. The molecule has 0 saturated carbocycles. The van der Waals surface area contributed by atoms with Gasteiger partial charge in [0.15, 0.2) is 5.78 Å². The predicted molar refractivity (Wildman–Crippen MR) is 70.3 cm³/mol. The van der Waals surface area contributed by atoms with E-state index in [1.165, 1.54) is 0 Å². The van der Waals surface area contributed by atoms with Gasteiger partial charge in [0.25, 0.3) is 0 Å². The van der Waals surface area contributed by atoms with Gasteiger partial charge in [0.1, 0.15) is 24.4 Å². The van der Waals surface area contributed by atoms with Crippen molar-refractivity contribution in [3.8, 4) is 0 Å². The fourth-order valence-corrected chi connectivity index (χ4v) is 1.95. The van der Waals surface area contributed by atoms with Gasteiger partial charge in [0.05, 0.1) is 18.3 Å². The first kappa shape index (κ1) is 14.1. The third kappa shape index (κ3) is 3.39. The summed E-state index contributed by atoms with van der Waals surface area (Å²) < 4.78 is 7.17. The van der Waals surface area contributed by atoms with E-state index in [2.05, 4.69) is 9.97 Å². The topological polar surface area (TPSA) is 94.3 Å². The molecule has 0 atom stereocenters. The molecule has 0 amide bonds. The maximum atomic E-state index is 11.2. The molecule has 0 aliphatic carbocycles. The molecular weight excluding hydrogens is 262 g/mol. The summed E-state index contributed by atoms with van der Waals surface area (Å²) in [6.07, 6.45) is 2.88. The molecule has 0 radical (unpaired) electrons. The largest absolute Gasteiger partial charge is 0.481 e. The molecule has 0 saturated heterocycles. The zero-order valence-corrected chi connectivity index (χ0v) is 11.1. The lowest BCUT2D eigenvalue weighted by Gasteiger charge is -2.07. The number of carboxylic acid groups (broad SMARTS) is 1. The quantitative estimate of drug-likeness (QED) is 0.594. The van der Waals surface area contributed by atoms with Crippen molar-refractivity contribution in [2.75, 3.05) is 13.2 Å². The Balaban J connectivity index is 1.89. The van der Waals surface area contributed by atoms with Crippen LogP contribution in [-0.2, 0) is 20.9 Å². The van der Waals surface area contributed by atoms with Gasteiger partial charge in [-0.3, -0.25) is 14.6 Å². The number of ketones is 1. The van der Waals surface area contributed by atoms with Crippen molar-refractivity contribution in [2.24, 2.45) is 0 Å². The summed E-state index contributed by atoms with van der Waals surface area (Å²) in [5.74, 6) is -0.732. The lowest BCUT2D eigenvalue weighted by Crippen LogP contribution is -2.16. The zero-order chi connectivity index (χ0) is 14.5. The maximum Gasteiger partial charge on any atom is 0.310 e. The van der Waals surface area contributed by atoms with Crippen molar-refractivity contribution in [3.05, 3.63) is 24.3 Å². The van der Waals surface area contributed by atoms with Crippen molar-refractivity contribution in [2.45, 2.75) is 19.9 Å². The van der Waals surface area contributed by atoms with E-state index in [0.717, 1.165) is 16.9 Å². The van der Waals surface area contributed by atoms with Crippen LogP contribution in [0.3, 0.4) is 0 Å². The Morgan fingerprint density at radius 3 is 3.00 bits per heavy atom. The number of pyridine rings is 1. The Bertz CT molecular complexity index is 636. The summed E-state index contributed by atoms with van der Waals surface area (Å²) in [6.45, 7) is 2.57. The molecule has 1 N–H and O–H groups in total. The van der Waals surface area contributed by atoms with E-state index in [1.54, 1.807) is 12.4 Å². The van der Waals surface area contributed by atoms with Gasteiger partial charge in [-0.2, -0.15) is 0 Å².